The molecule has 0 aliphatic heterocycles. The molecule has 0 unspecified atom stereocenters. The van der Waals surface area contributed by atoms with E-state index in [1.165, 1.54) is 32.7 Å². The van der Waals surface area contributed by atoms with Gasteiger partial charge in [0.05, 0.1) is 22.7 Å². The van der Waals surface area contributed by atoms with Gasteiger partial charge in [-0.15, -0.1) is 0 Å². The van der Waals surface area contributed by atoms with Gasteiger partial charge in [0, 0.05) is 66.3 Å². The molecule has 0 saturated carbocycles. The van der Waals surface area contributed by atoms with Crippen molar-refractivity contribution in [1.29, 1.82) is 0 Å². The zero-order chi connectivity index (χ0) is 67.5. The van der Waals surface area contributed by atoms with Crippen LogP contribution >= 0.6 is 0 Å². The highest BCUT2D eigenvalue weighted by molar-refractivity contribution is 6.13. The first-order valence-corrected chi connectivity index (χ1v) is 34.8. The number of hydrogen-bond acceptors (Lipinski definition) is 4. The van der Waals surface area contributed by atoms with E-state index in [9.17, 15) is 0 Å². The molecule has 0 aliphatic carbocycles. The molecule has 2 aromatic heterocycles. The number of para-hydroxylation sites is 6. The highest BCUT2D eigenvalue weighted by Crippen LogP contribution is 2.52. The summed E-state index contributed by atoms with van der Waals surface area (Å²) in [5.74, 6) is 0. The molecule has 17 aromatic carbocycles. The Labute approximate surface area is 591 Å². The Kier molecular flexibility index (Phi) is 14.9. The zero-order valence-corrected chi connectivity index (χ0v) is 55.7. The number of hydrogen-bond donors (Lipinski definition) is 0. The fourth-order valence-electron chi connectivity index (χ4n) is 15.2. The molecule has 0 saturated heterocycles. The summed E-state index contributed by atoms with van der Waals surface area (Å²) in [6.45, 7) is 0. The van der Waals surface area contributed by atoms with Crippen molar-refractivity contribution in [3.8, 4) is 89.0 Å². The predicted molar refractivity (Wildman–Crippen MR) is 429 cm³/mol. The van der Waals surface area contributed by atoms with Gasteiger partial charge >= 0.3 is 0 Å². The fourth-order valence-corrected chi connectivity index (χ4v) is 15.2. The molecule has 4 heteroatoms. The Bertz CT molecular complexity index is 6370. The van der Waals surface area contributed by atoms with Crippen LogP contribution in [0.2, 0.25) is 0 Å². The van der Waals surface area contributed by atoms with E-state index in [1.54, 1.807) is 0 Å². The molecule has 19 rings (SSSR count). The van der Waals surface area contributed by atoms with E-state index in [2.05, 4.69) is 386 Å². The van der Waals surface area contributed by atoms with Gasteiger partial charge in [0.1, 0.15) is 22.3 Å². The summed E-state index contributed by atoms with van der Waals surface area (Å²) in [4.78, 5) is 4.91. The summed E-state index contributed by atoms with van der Waals surface area (Å²) in [7, 11) is 0. The normalized spacial score (nSPS) is 11.5. The van der Waals surface area contributed by atoms with Crippen LogP contribution in [0.4, 0.5) is 34.1 Å². The van der Waals surface area contributed by atoms with Crippen molar-refractivity contribution in [1.82, 2.24) is 0 Å². The van der Waals surface area contributed by atoms with Crippen molar-refractivity contribution in [2.24, 2.45) is 0 Å². The second kappa shape index (κ2) is 25.4. The van der Waals surface area contributed by atoms with Gasteiger partial charge in [-0.3, -0.25) is 0 Å². The number of anilines is 6. The maximum absolute atomic E-state index is 6.96. The quantitative estimate of drug-likeness (QED) is 0.109. The summed E-state index contributed by atoms with van der Waals surface area (Å²) in [5, 5.41) is 9.22. The van der Waals surface area contributed by atoms with Crippen molar-refractivity contribution < 1.29 is 8.83 Å². The van der Waals surface area contributed by atoms with E-state index >= 15 is 0 Å². The second-order valence-corrected chi connectivity index (χ2v) is 26.3. The number of rotatable bonds is 14. The highest BCUT2D eigenvalue weighted by atomic mass is 16.3. The molecular weight excluding hydrogens is 1240 g/mol. The number of benzene rings is 17. The Morgan fingerprint density at radius 3 is 1.06 bits per heavy atom. The smallest absolute Gasteiger partial charge is 0.143 e. The lowest BCUT2D eigenvalue weighted by Crippen LogP contribution is -2.13. The van der Waals surface area contributed by atoms with E-state index < -0.39 is 0 Å². The zero-order valence-electron chi connectivity index (χ0n) is 55.7. The van der Waals surface area contributed by atoms with Gasteiger partial charge in [-0.1, -0.05) is 309 Å². The van der Waals surface area contributed by atoms with Crippen LogP contribution in [0, 0.1) is 0 Å². The van der Waals surface area contributed by atoms with Crippen LogP contribution in [0.25, 0.3) is 154 Å². The van der Waals surface area contributed by atoms with Gasteiger partial charge < -0.3 is 18.6 Å². The maximum Gasteiger partial charge on any atom is 0.143 e. The maximum atomic E-state index is 6.96. The molecule has 4 nitrogen and oxygen atoms in total. The number of nitrogens with zero attached hydrogens (tertiary/aromatic N) is 2. The number of furan rings is 2. The Hall–Kier alpha value is -13.5. The van der Waals surface area contributed by atoms with Crippen molar-refractivity contribution in [2.45, 2.75) is 0 Å². The van der Waals surface area contributed by atoms with Gasteiger partial charge in [0.2, 0.25) is 0 Å². The fraction of sp³-hybridized carbons (Fsp3) is 0. The molecule has 0 fully saturated rings. The van der Waals surface area contributed by atoms with E-state index in [1.807, 2.05) is 12.1 Å². The molecule has 0 radical (unpaired) electrons. The molecular formula is C98H64N2O2. The third kappa shape index (κ3) is 10.7. The van der Waals surface area contributed by atoms with Crippen molar-refractivity contribution >= 4 is 99.5 Å². The minimum absolute atomic E-state index is 0.839. The average molecular weight is 1300 g/mol. The average Bonchev–Trinajstić information content (AvgIpc) is 1.33. The largest absolute Gasteiger partial charge is 0.455 e. The third-order valence-corrected chi connectivity index (χ3v) is 20.3. The molecule has 102 heavy (non-hydrogen) atoms. The lowest BCUT2D eigenvalue weighted by molar-refractivity contribution is 0.669. The van der Waals surface area contributed by atoms with E-state index in [-0.39, 0.29) is 0 Å². The van der Waals surface area contributed by atoms with Crippen LogP contribution in [-0.4, -0.2) is 0 Å². The van der Waals surface area contributed by atoms with Gasteiger partial charge in [-0.2, -0.15) is 0 Å². The van der Waals surface area contributed by atoms with Crippen LogP contribution in [0.5, 0.6) is 0 Å². The van der Waals surface area contributed by atoms with Crippen LogP contribution in [0.3, 0.4) is 0 Å². The number of fused-ring (bicyclic) bond motifs is 8. The highest BCUT2D eigenvalue weighted by Gasteiger charge is 2.27. The van der Waals surface area contributed by atoms with Gasteiger partial charge in [-0.05, 0) is 156 Å². The van der Waals surface area contributed by atoms with E-state index in [0.29, 0.717) is 0 Å². The molecule has 0 N–H and O–H groups in total. The molecule has 0 atom stereocenters. The molecule has 478 valence electrons. The van der Waals surface area contributed by atoms with Gasteiger partial charge in [-0.25, -0.2) is 0 Å². The molecule has 19 aromatic rings. The lowest BCUT2D eigenvalue weighted by atomic mass is 9.92. The van der Waals surface area contributed by atoms with Crippen molar-refractivity contribution in [2.75, 3.05) is 9.80 Å². The topological polar surface area (TPSA) is 32.8 Å². The summed E-state index contributed by atoms with van der Waals surface area (Å²) in [6, 6.07) is 141. The SMILES string of the molecule is c1ccc(-c2cc(-c3ccc(-c4cccc5c4oc4ccccc45)c(N(c4ccc(-c5ccc6ccccc6c5)cc4)c4ccccc4-c4ccccc4)c3)ccc2N(c2ccc(-c3ccc(-c4ccc5ccccc5c4)cc3)cc2)c2ccccc2-c2cccc3c2oc2ccccc23)cc1. The van der Waals surface area contributed by atoms with Crippen LogP contribution in [-0.2, 0) is 0 Å². The van der Waals surface area contributed by atoms with Crippen LogP contribution < -0.4 is 9.80 Å². The first-order chi connectivity index (χ1) is 50.6. The molecule has 0 amide bonds. The molecule has 0 spiro atoms. The Morgan fingerprint density at radius 1 is 0.167 bits per heavy atom. The van der Waals surface area contributed by atoms with Crippen molar-refractivity contribution in [3.63, 3.8) is 0 Å². The summed E-state index contributed by atoms with van der Waals surface area (Å²) in [6.07, 6.45) is 0. The molecule has 0 bridgehead atoms. The first kappa shape index (κ1) is 59.7. The van der Waals surface area contributed by atoms with Crippen LogP contribution in [0.15, 0.2) is 397 Å². The Balaban J connectivity index is 0.805. The van der Waals surface area contributed by atoms with Crippen molar-refractivity contribution in [3.05, 3.63) is 388 Å². The summed E-state index contributed by atoms with van der Waals surface area (Å²) >= 11 is 0. The molecule has 2 heterocycles. The Morgan fingerprint density at radius 2 is 0.510 bits per heavy atom. The lowest BCUT2D eigenvalue weighted by Gasteiger charge is -2.31. The van der Waals surface area contributed by atoms with Crippen LogP contribution in [0.1, 0.15) is 0 Å². The van der Waals surface area contributed by atoms with E-state index in [0.717, 1.165) is 156 Å². The standard InChI is InChI=1S/C98H64N2O2/c1-3-23-71(24-4-1)81-29-11-15-37-91(81)100(80-57-51-70(52-58-80)76-48-46-66-22-8-10-28-74(66)62-76)94-64-78(53-59-83(94)87-34-20-36-89-85-32-14-18-40-96(85)102-98(87)89)77-54-60-93(90(63-77)72-25-5-2-6-26-72)99(92-38-16-12-30-82(92)86-33-19-35-88-84-31-13-17-39-95(84)101-97(86)88)79-55-49-68(50-56-79)67-41-43-69(44-42-67)75-47-45-65-21-7-9-27-73(65)61-75/h1-64H. The van der Waals surface area contributed by atoms with Gasteiger partial charge in [0.25, 0.3) is 0 Å². The summed E-state index contributed by atoms with van der Waals surface area (Å²) in [5.41, 5.74) is 26.9. The summed E-state index contributed by atoms with van der Waals surface area (Å²) < 4.78 is 13.8. The van der Waals surface area contributed by atoms with Gasteiger partial charge in [0.15, 0.2) is 0 Å². The monoisotopic (exact) mass is 1300 g/mol. The van der Waals surface area contributed by atoms with E-state index in [4.69, 9.17) is 8.83 Å². The minimum Gasteiger partial charge on any atom is -0.455 e. The molecule has 0 aliphatic rings. The predicted octanol–water partition coefficient (Wildman–Crippen LogP) is 28.1. The first-order valence-electron chi connectivity index (χ1n) is 34.8. The minimum atomic E-state index is 0.839. The third-order valence-electron chi connectivity index (χ3n) is 20.3. The second-order valence-electron chi connectivity index (χ2n) is 26.3.